The fourth-order valence-corrected chi connectivity index (χ4v) is 7.06. The van der Waals surface area contributed by atoms with Crippen molar-refractivity contribution in [3.63, 3.8) is 0 Å². The van der Waals surface area contributed by atoms with Crippen molar-refractivity contribution >= 4 is 43.6 Å². The molecule has 0 aliphatic carbocycles. The zero-order valence-corrected chi connectivity index (χ0v) is 26.8. The second kappa shape index (κ2) is 11.4. The van der Waals surface area contributed by atoms with Gasteiger partial charge in [-0.05, 0) is 41.8 Å². The Hall–Kier alpha value is -6.92. The van der Waals surface area contributed by atoms with Crippen LogP contribution < -0.4 is 0 Å². The first-order chi connectivity index (χ1) is 24.8. The first kappa shape index (κ1) is 28.1. The Balaban J connectivity index is 1.27. The summed E-state index contributed by atoms with van der Waals surface area (Å²) >= 11 is 0. The molecule has 50 heavy (non-hydrogen) atoms. The van der Waals surface area contributed by atoms with Crippen molar-refractivity contribution in [1.29, 1.82) is 0 Å². The van der Waals surface area contributed by atoms with E-state index in [1.54, 1.807) is 0 Å². The Kier molecular flexibility index (Phi) is 6.39. The normalized spacial score (nSPS) is 11.6. The van der Waals surface area contributed by atoms with Gasteiger partial charge in [0.25, 0.3) is 0 Å². The third-order valence-corrected chi connectivity index (χ3v) is 9.37. The van der Waals surface area contributed by atoms with E-state index >= 15 is 0 Å². The van der Waals surface area contributed by atoms with Gasteiger partial charge in [0.05, 0.1) is 22.1 Å². The third-order valence-electron chi connectivity index (χ3n) is 9.37. The van der Waals surface area contributed by atoms with E-state index in [4.69, 9.17) is 19.9 Å². The van der Waals surface area contributed by atoms with Crippen LogP contribution in [0.2, 0.25) is 0 Å². The lowest BCUT2D eigenvalue weighted by Crippen LogP contribution is -2.06. The molecule has 0 N–H and O–H groups in total. The van der Waals surface area contributed by atoms with Crippen molar-refractivity contribution in [1.82, 2.24) is 29.1 Å². The monoisotopic (exact) mass is 640 g/mol. The van der Waals surface area contributed by atoms with Gasteiger partial charge in [-0.1, -0.05) is 133 Å². The molecule has 0 atom stereocenters. The molecule has 3 aromatic heterocycles. The second-order valence-electron chi connectivity index (χ2n) is 12.4. The zero-order valence-electron chi connectivity index (χ0n) is 26.8. The fourth-order valence-electron chi connectivity index (χ4n) is 7.06. The van der Waals surface area contributed by atoms with Crippen molar-refractivity contribution in [3.05, 3.63) is 170 Å². The minimum atomic E-state index is 0.573. The Morgan fingerprint density at radius 3 is 1.60 bits per heavy atom. The highest BCUT2D eigenvalue weighted by Gasteiger charge is 2.21. The van der Waals surface area contributed by atoms with Crippen LogP contribution >= 0.6 is 0 Å². The number of imidazole rings is 1. The molecule has 0 radical (unpaired) electrons. The van der Waals surface area contributed by atoms with Crippen LogP contribution in [0, 0.1) is 0 Å². The molecule has 0 aliphatic heterocycles. The molecule has 234 valence electrons. The van der Waals surface area contributed by atoms with Gasteiger partial charge < -0.3 is 0 Å². The Bertz CT molecular complexity index is 2780. The van der Waals surface area contributed by atoms with Gasteiger partial charge in [0, 0.05) is 38.5 Å². The van der Waals surface area contributed by atoms with Gasteiger partial charge in [0.2, 0.25) is 5.95 Å². The largest absolute Gasteiger partial charge is 0.292 e. The van der Waals surface area contributed by atoms with Crippen molar-refractivity contribution in [2.75, 3.05) is 0 Å². The summed E-state index contributed by atoms with van der Waals surface area (Å²) in [5, 5.41) is 4.41. The quantitative estimate of drug-likeness (QED) is 0.188. The minimum absolute atomic E-state index is 0.573. The Morgan fingerprint density at radius 2 is 0.940 bits per heavy atom. The van der Waals surface area contributed by atoms with E-state index in [0.29, 0.717) is 17.6 Å². The van der Waals surface area contributed by atoms with E-state index in [9.17, 15) is 0 Å². The van der Waals surface area contributed by atoms with Crippen LogP contribution in [0.1, 0.15) is 0 Å². The molecule has 10 aromatic rings. The number of para-hydroxylation sites is 2. The SMILES string of the molecule is c1ccc(-c2nc(-c3ccccc3)nc(-n3c4ccccc4c4cc5c(ccc6c5nc(-c5ccccc5)n6-c5ccccc5)cc43)n2)cc1. The smallest absolute Gasteiger partial charge is 0.238 e. The highest BCUT2D eigenvalue weighted by molar-refractivity contribution is 6.17. The summed E-state index contributed by atoms with van der Waals surface area (Å²) in [6.07, 6.45) is 0. The van der Waals surface area contributed by atoms with E-state index in [0.717, 1.165) is 71.8 Å². The Labute approximate surface area is 287 Å². The lowest BCUT2D eigenvalue weighted by atomic mass is 10.0. The first-order valence-corrected chi connectivity index (χ1v) is 16.7. The molecule has 6 nitrogen and oxygen atoms in total. The molecule has 7 aromatic carbocycles. The van der Waals surface area contributed by atoms with Crippen LogP contribution in [0.25, 0.3) is 89.4 Å². The van der Waals surface area contributed by atoms with Crippen LogP contribution in [0.3, 0.4) is 0 Å². The highest BCUT2D eigenvalue weighted by atomic mass is 15.2. The predicted octanol–water partition coefficient (Wildman–Crippen LogP) is 10.5. The molecule has 0 amide bonds. The molecule has 0 unspecified atom stereocenters. The number of hydrogen-bond acceptors (Lipinski definition) is 4. The average molecular weight is 641 g/mol. The van der Waals surface area contributed by atoms with E-state index in [1.807, 2.05) is 72.8 Å². The summed E-state index contributed by atoms with van der Waals surface area (Å²) in [7, 11) is 0. The summed E-state index contributed by atoms with van der Waals surface area (Å²) in [6.45, 7) is 0. The Morgan fingerprint density at radius 1 is 0.360 bits per heavy atom. The zero-order chi connectivity index (χ0) is 33.0. The number of benzene rings is 7. The maximum absolute atomic E-state index is 5.35. The molecule has 3 heterocycles. The van der Waals surface area contributed by atoms with Crippen molar-refractivity contribution < 1.29 is 0 Å². The maximum Gasteiger partial charge on any atom is 0.238 e. The number of aromatic nitrogens is 6. The van der Waals surface area contributed by atoms with Gasteiger partial charge in [-0.3, -0.25) is 9.13 Å². The van der Waals surface area contributed by atoms with E-state index in [1.165, 1.54) is 0 Å². The van der Waals surface area contributed by atoms with Crippen LogP contribution in [-0.4, -0.2) is 29.1 Å². The number of rotatable bonds is 5. The number of hydrogen-bond donors (Lipinski definition) is 0. The number of fused-ring (bicyclic) bond motifs is 6. The average Bonchev–Trinajstić information content (AvgIpc) is 3.74. The maximum atomic E-state index is 5.35. The topological polar surface area (TPSA) is 61.4 Å². The van der Waals surface area contributed by atoms with E-state index in [-0.39, 0.29) is 0 Å². The molecule has 0 saturated carbocycles. The third kappa shape index (κ3) is 4.50. The molecule has 6 heteroatoms. The summed E-state index contributed by atoms with van der Waals surface area (Å²) in [6, 6.07) is 58.5. The molecule has 0 aliphatic rings. The lowest BCUT2D eigenvalue weighted by Gasteiger charge is -2.11. The van der Waals surface area contributed by atoms with E-state index < -0.39 is 0 Å². The summed E-state index contributed by atoms with van der Waals surface area (Å²) in [4.78, 5) is 20.5. The molecule has 0 bridgehead atoms. The molecule has 0 fully saturated rings. The van der Waals surface area contributed by atoms with Crippen molar-refractivity contribution in [2.45, 2.75) is 0 Å². The second-order valence-corrected chi connectivity index (χ2v) is 12.4. The summed E-state index contributed by atoms with van der Waals surface area (Å²) < 4.78 is 4.44. The van der Waals surface area contributed by atoms with Crippen LogP contribution in [-0.2, 0) is 0 Å². The lowest BCUT2D eigenvalue weighted by molar-refractivity contribution is 0.954. The first-order valence-electron chi connectivity index (χ1n) is 16.7. The molecule has 0 saturated heterocycles. The molecular formula is C44H28N6. The number of nitrogens with zero attached hydrogens (tertiary/aromatic N) is 6. The van der Waals surface area contributed by atoms with Gasteiger partial charge in [-0.15, -0.1) is 0 Å². The molecular weight excluding hydrogens is 613 g/mol. The fraction of sp³-hybridized carbons (Fsp3) is 0. The van der Waals surface area contributed by atoms with E-state index in [2.05, 4.69) is 106 Å². The standard InChI is InChI=1S/C44H28N6/c1-5-15-29(16-6-1)41-46-42(30-17-7-2-8-18-30)48-44(47-41)50-37-24-14-13-23-34(37)36-28-35-32(27-39(36)50)25-26-38-40(35)45-43(31-19-9-3-10-20-31)49(38)33-21-11-4-12-22-33/h1-28H. The van der Waals surface area contributed by atoms with Gasteiger partial charge in [0.1, 0.15) is 5.82 Å². The van der Waals surface area contributed by atoms with Crippen molar-refractivity contribution in [3.8, 4) is 45.8 Å². The summed E-state index contributed by atoms with van der Waals surface area (Å²) in [5.41, 5.74) is 8.08. The van der Waals surface area contributed by atoms with Gasteiger partial charge >= 0.3 is 0 Å². The van der Waals surface area contributed by atoms with Crippen LogP contribution in [0.15, 0.2) is 170 Å². The molecule has 10 rings (SSSR count). The van der Waals surface area contributed by atoms with Gasteiger partial charge in [0.15, 0.2) is 11.6 Å². The van der Waals surface area contributed by atoms with Gasteiger partial charge in [-0.2, -0.15) is 9.97 Å². The molecule has 0 spiro atoms. The highest BCUT2D eigenvalue weighted by Crippen LogP contribution is 2.38. The predicted molar refractivity (Wildman–Crippen MR) is 203 cm³/mol. The van der Waals surface area contributed by atoms with Crippen molar-refractivity contribution in [2.24, 2.45) is 0 Å². The summed E-state index contributed by atoms with van der Waals surface area (Å²) in [5.74, 6) is 2.74. The minimum Gasteiger partial charge on any atom is -0.292 e. The van der Waals surface area contributed by atoms with Crippen LogP contribution in [0.4, 0.5) is 0 Å². The van der Waals surface area contributed by atoms with Crippen LogP contribution in [0.5, 0.6) is 0 Å². The van der Waals surface area contributed by atoms with Gasteiger partial charge in [-0.25, -0.2) is 9.97 Å².